The van der Waals surface area contributed by atoms with Crippen LogP contribution in [0.5, 0.6) is 0 Å². The van der Waals surface area contributed by atoms with Crippen molar-refractivity contribution in [2.75, 3.05) is 13.2 Å². The number of hydrogen-bond acceptors (Lipinski definition) is 5. The molecular formula is C78H153NO5. The van der Waals surface area contributed by atoms with Crippen LogP contribution in [-0.4, -0.2) is 47.4 Å². The highest BCUT2D eigenvalue weighted by atomic mass is 16.5. The summed E-state index contributed by atoms with van der Waals surface area (Å²) in [7, 11) is 0. The van der Waals surface area contributed by atoms with Gasteiger partial charge in [-0.1, -0.05) is 398 Å². The Morgan fingerprint density at radius 2 is 0.560 bits per heavy atom. The molecule has 0 aromatic heterocycles. The van der Waals surface area contributed by atoms with Crippen molar-refractivity contribution in [1.82, 2.24) is 5.32 Å². The van der Waals surface area contributed by atoms with E-state index in [4.69, 9.17) is 4.74 Å². The van der Waals surface area contributed by atoms with E-state index in [2.05, 4.69) is 31.3 Å². The van der Waals surface area contributed by atoms with Crippen molar-refractivity contribution in [1.29, 1.82) is 0 Å². The Bertz CT molecular complexity index is 1270. The van der Waals surface area contributed by atoms with Gasteiger partial charge in [0.2, 0.25) is 5.91 Å². The molecule has 0 saturated heterocycles. The van der Waals surface area contributed by atoms with Crippen LogP contribution >= 0.6 is 0 Å². The van der Waals surface area contributed by atoms with Gasteiger partial charge in [-0.25, -0.2) is 0 Å². The fourth-order valence-electron chi connectivity index (χ4n) is 12.6. The van der Waals surface area contributed by atoms with E-state index in [1.165, 1.54) is 379 Å². The molecule has 2 atom stereocenters. The summed E-state index contributed by atoms with van der Waals surface area (Å²) >= 11 is 0. The number of amides is 1. The largest absolute Gasteiger partial charge is 0.466 e. The van der Waals surface area contributed by atoms with E-state index in [1.54, 1.807) is 0 Å². The first-order valence-corrected chi connectivity index (χ1v) is 38.9. The second kappa shape index (κ2) is 74.1. The molecule has 0 radical (unpaired) electrons. The Labute approximate surface area is 527 Å². The zero-order valence-corrected chi connectivity index (χ0v) is 57.4. The average molecular weight is 1190 g/mol. The molecule has 0 aliphatic rings. The number of carbonyl (C=O) groups is 2. The minimum Gasteiger partial charge on any atom is -0.466 e. The summed E-state index contributed by atoms with van der Waals surface area (Å²) in [6, 6.07) is -0.539. The number of esters is 1. The molecule has 0 aromatic carbocycles. The van der Waals surface area contributed by atoms with Gasteiger partial charge in [-0.2, -0.15) is 0 Å². The number of carbonyl (C=O) groups excluding carboxylic acids is 2. The van der Waals surface area contributed by atoms with Crippen molar-refractivity contribution in [3.63, 3.8) is 0 Å². The molecule has 2 unspecified atom stereocenters. The van der Waals surface area contributed by atoms with Crippen molar-refractivity contribution in [3.05, 3.63) is 12.2 Å². The molecule has 3 N–H and O–H groups in total. The second-order valence-electron chi connectivity index (χ2n) is 27.0. The van der Waals surface area contributed by atoms with E-state index in [9.17, 15) is 19.8 Å². The van der Waals surface area contributed by atoms with Gasteiger partial charge in [0, 0.05) is 12.8 Å². The van der Waals surface area contributed by atoms with E-state index in [0.717, 1.165) is 38.5 Å². The van der Waals surface area contributed by atoms with Crippen LogP contribution in [0.3, 0.4) is 0 Å². The zero-order chi connectivity index (χ0) is 60.6. The maximum Gasteiger partial charge on any atom is 0.305 e. The Morgan fingerprint density at radius 1 is 0.321 bits per heavy atom. The van der Waals surface area contributed by atoms with E-state index in [1.807, 2.05) is 0 Å². The first-order valence-electron chi connectivity index (χ1n) is 38.9. The fourth-order valence-corrected chi connectivity index (χ4v) is 12.6. The predicted molar refractivity (Wildman–Crippen MR) is 370 cm³/mol. The van der Waals surface area contributed by atoms with E-state index >= 15 is 0 Å². The summed E-state index contributed by atoms with van der Waals surface area (Å²) < 4.78 is 5.52. The monoisotopic (exact) mass is 1180 g/mol. The number of ether oxygens (including phenoxy) is 1. The number of allylic oxidation sites excluding steroid dienone is 2. The molecule has 0 fully saturated rings. The summed E-state index contributed by atoms with van der Waals surface area (Å²) in [5.41, 5.74) is 0. The molecule has 0 aromatic rings. The molecular weight excluding hydrogens is 1030 g/mol. The molecule has 84 heavy (non-hydrogen) atoms. The van der Waals surface area contributed by atoms with Crippen LogP contribution in [0.25, 0.3) is 0 Å². The minimum atomic E-state index is -0.662. The van der Waals surface area contributed by atoms with Crippen molar-refractivity contribution in [3.8, 4) is 0 Å². The summed E-state index contributed by atoms with van der Waals surface area (Å²) in [4.78, 5) is 24.7. The molecule has 0 bridgehead atoms. The number of nitrogens with one attached hydrogen (secondary N) is 1. The Balaban J connectivity index is 3.32. The first-order chi connectivity index (χ1) is 41.5. The van der Waals surface area contributed by atoms with Crippen LogP contribution in [-0.2, 0) is 14.3 Å². The molecule has 0 rings (SSSR count). The molecule has 6 heteroatoms. The zero-order valence-electron chi connectivity index (χ0n) is 57.4. The predicted octanol–water partition coefficient (Wildman–Crippen LogP) is 25.5. The lowest BCUT2D eigenvalue weighted by atomic mass is 10.0. The van der Waals surface area contributed by atoms with Gasteiger partial charge in [0.25, 0.3) is 0 Å². The number of unbranched alkanes of at least 4 members (excludes halogenated alkanes) is 61. The lowest BCUT2D eigenvalue weighted by Crippen LogP contribution is -2.45. The molecule has 0 saturated carbocycles. The lowest BCUT2D eigenvalue weighted by Gasteiger charge is -2.22. The molecule has 500 valence electrons. The third kappa shape index (κ3) is 69.7. The van der Waals surface area contributed by atoms with Gasteiger partial charge in [-0.15, -0.1) is 0 Å². The Kier molecular flexibility index (Phi) is 72.8. The van der Waals surface area contributed by atoms with Crippen LogP contribution in [0.4, 0.5) is 0 Å². The van der Waals surface area contributed by atoms with Crippen molar-refractivity contribution < 1.29 is 24.5 Å². The second-order valence-corrected chi connectivity index (χ2v) is 27.0. The van der Waals surface area contributed by atoms with Crippen molar-refractivity contribution in [2.45, 2.75) is 463 Å². The number of aliphatic hydroxyl groups excluding tert-OH is 2. The average Bonchev–Trinajstić information content (AvgIpc) is 3.50. The molecule has 0 spiro atoms. The highest BCUT2D eigenvalue weighted by Gasteiger charge is 2.20. The molecule has 0 aliphatic carbocycles. The fraction of sp³-hybridized carbons (Fsp3) is 0.949. The van der Waals surface area contributed by atoms with Gasteiger partial charge < -0.3 is 20.3 Å². The van der Waals surface area contributed by atoms with Crippen LogP contribution in [0.2, 0.25) is 0 Å². The van der Waals surface area contributed by atoms with Crippen molar-refractivity contribution in [2.24, 2.45) is 0 Å². The smallest absolute Gasteiger partial charge is 0.305 e. The Hall–Kier alpha value is -1.40. The van der Waals surface area contributed by atoms with Gasteiger partial charge in [0.1, 0.15) is 0 Å². The van der Waals surface area contributed by atoms with E-state index in [-0.39, 0.29) is 18.5 Å². The normalized spacial score (nSPS) is 12.5. The van der Waals surface area contributed by atoms with Gasteiger partial charge in [-0.3, -0.25) is 9.59 Å². The van der Waals surface area contributed by atoms with Crippen LogP contribution in [0.1, 0.15) is 450 Å². The molecule has 0 heterocycles. The van der Waals surface area contributed by atoms with Crippen LogP contribution in [0.15, 0.2) is 12.2 Å². The highest BCUT2D eigenvalue weighted by Crippen LogP contribution is 2.20. The first kappa shape index (κ1) is 82.6. The van der Waals surface area contributed by atoms with E-state index in [0.29, 0.717) is 25.9 Å². The van der Waals surface area contributed by atoms with Gasteiger partial charge in [0.15, 0.2) is 0 Å². The standard InChI is InChI=1S/C78H153NO5/c1-3-5-7-9-11-13-15-17-19-21-36-40-44-48-52-56-60-64-68-72-78(83)84-73-69-65-61-57-53-49-45-41-38-35-33-31-29-27-25-23-22-24-26-28-30-32-34-37-39-43-47-51-55-59-63-67-71-77(82)79-75(74-80)76(81)70-66-62-58-54-50-46-42-20-18-16-14-12-10-8-6-4-2/h25,27,75-76,80-81H,3-24,26,28-74H2,1-2H3,(H,79,82)/b27-25-. The maximum atomic E-state index is 12.5. The van der Waals surface area contributed by atoms with Gasteiger partial charge >= 0.3 is 5.97 Å². The highest BCUT2D eigenvalue weighted by molar-refractivity contribution is 5.76. The Morgan fingerprint density at radius 3 is 0.845 bits per heavy atom. The van der Waals surface area contributed by atoms with Crippen LogP contribution < -0.4 is 5.32 Å². The maximum absolute atomic E-state index is 12.5. The van der Waals surface area contributed by atoms with Crippen LogP contribution in [0, 0.1) is 0 Å². The SMILES string of the molecule is CCCCCCCCCCCCCCCCCCCCCC(=O)OCCCCCCCCCCCCCC/C=C\CCCCCCCCCCCCCCCCCCC(=O)NC(CO)C(O)CCCCCCCCCCCCCCCCCC. The number of rotatable bonds is 74. The number of aliphatic hydroxyl groups is 2. The summed E-state index contributed by atoms with van der Waals surface area (Å²) in [5, 5.41) is 23.4. The van der Waals surface area contributed by atoms with E-state index < -0.39 is 12.1 Å². The molecule has 1 amide bonds. The van der Waals surface area contributed by atoms with Crippen molar-refractivity contribution >= 4 is 11.9 Å². The quantitative estimate of drug-likeness (QED) is 0.0320. The summed E-state index contributed by atoms with van der Waals surface area (Å²) in [6.45, 7) is 5.01. The summed E-state index contributed by atoms with van der Waals surface area (Å²) in [5.74, 6) is -0.00393. The third-order valence-electron chi connectivity index (χ3n) is 18.6. The number of hydrogen-bond donors (Lipinski definition) is 3. The van der Waals surface area contributed by atoms with Gasteiger partial charge in [0.05, 0.1) is 25.4 Å². The minimum absolute atomic E-state index is 0.0243. The van der Waals surface area contributed by atoms with Gasteiger partial charge in [-0.05, 0) is 51.4 Å². The molecule has 6 nitrogen and oxygen atoms in total. The third-order valence-corrected chi connectivity index (χ3v) is 18.6. The lowest BCUT2D eigenvalue weighted by molar-refractivity contribution is -0.143. The molecule has 0 aliphatic heterocycles. The topological polar surface area (TPSA) is 95.9 Å². The summed E-state index contributed by atoms with van der Waals surface area (Å²) in [6.07, 6.45) is 93.0.